The van der Waals surface area contributed by atoms with E-state index in [0.29, 0.717) is 22.6 Å². The molecule has 0 bridgehead atoms. The number of benzene rings is 1. The van der Waals surface area contributed by atoms with Crippen molar-refractivity contribution in [2.45, 2.75) is 13.8 Å². The van der Waals surface area contributed by atoms with Crippen LogP contribution < -0.4 is 5.43 Å². The van der Waals surface area contributed by atoms with Crippen LogP contribution in [0.4, 0.5) is 0 Å². The second-order valence-electron chi connectivity index (χ2n) is 4.64. The first-order valence-corrected chi connectivity index (χ1v) is 6.60. The van der Waals surface area contributed by atoms with Crippen LogP contribution >= 0.6 is 0 Å². The molecule has 0 aliphatic heterocycles. The van der Waals surface area contributed by atoms with Crippen molar-refractivity contribution in [2.24, 2.45) is 5.10 Å². The fourth-order valence-electron chi connectivity index (χ4n) is 1.91. The van der Waals surface area contributed by atoms with Gasteiger partial charge in [-0.05, 0) is 37.6 Å². The molecule has 0 spiro atoms. The summed E-state index contributed by atoms with van der Waals surface area (Å²) in [5, 5.41) is 3.88. The monoisotopic (exact) mass is 300 g/mol. The van der Waals surface area contributed by atoms with Crippen molar-refractivity contribution in [3.8, 4) is 0 Å². The molecule has 0 aliphatic carbocycles. The highest BCUT2D eigenvalue weighted by atomic mass is 16.5. The van der Waals surface area contributed by atoms with Crippen LogP contribution in [-0.2, 0) is 4.74 Å². The Labute approximate surface area is 127 Å². The molecule has 2 rings (SSSR count). The summed E-state index contributed by atoms with van der Waals surface area (Å²) in [5.41, 5.74) is 4.08. The molecular formula is C16H16N2O4. The zero-order valence-corrected chi connectivity index (χ0v) is 12.5. The van der Waals surface area contributed by atoms with Crippen LogP contribution in [0.2, 0.25) is 0 Å². The lowest BCUT2D eigenvalue weighted by molar-refractivity contribution is 0.0600. The van der Waals surface area contributed by atoms with Crippen molar-refractivity contribution in [1.29, 1.82) is 0 Å². The molecule has 0 saturated carbocycles. The number of nitrogens with one attached hydrogen (secondary N) is 1. The predicted octanol–water partition coefficient (Wildman–Crippen LogP) is 2.45. The number of furan rings is 1. The number of rotatable bonds is 4. The van der Waals surface area contributed by atoms with Gasteiger partial charge in [-0.3, -0.25) is 4.79 Å². The predicted molar refractivity (Wildman–Crippen MR) is 81.0 cm³/mol. The van der Waals surface area contributed by atoms with E-state index in [1.54, 1.807) is 44.2 Å². The van der Waals surface area contributed by atoms with Crippen molar-refractivity contribution in [2.75, 3.05) is 7.11 Å². The minimum atomic E-state index is -0.400. The van der Waals surface area contributed by atoms with E-state index < -0.39 is 5.97 Å². The molecule has 22 heavy (non-hydrogen) atoms. The molecule has 6 heteroatoms. The number of carbonyl (C=O) groups is 2. The summed E-state index contributed by atoms with van der Waals surface area (Å²) in [6.07, 6.45) is 1.49. The van der Waals surface area contributed by atoms with Gasteiger partial charge in [-0.25, -0.2) is 10.2 Å². The van der Waals surface area contributed by atoms with Crippen molar-refractivity contribution >= 4 is 18.1 Å². The highest BCUT2D eigenvalue weighted by molar-refractivity contribution is 5.96. The molecule has 1 N–H and O–H groups in total. The highest BCUT2D eigenvalue weighted by Gasteiger charge is 2.12. The van der Waals surface area contributed by atoms with Gasteiger partial charge in [0.05, 0.1) is 24.5 Å². The Balaban J connectivity index is 1.99. The number of methoxy groups -OCH3 is 1. The maximum absolute atomic E-state index is 11.9. The number of nitrogens with zero attached hydrogens (tertiary/aromatic N) is 1. The molecule has 2 aromatic rings. The van der Waals surface area contributed by atoms with Gasteiger partial charge in [-0.1, -0.05) is 12.1 Å². The molecule has 6 nitrogen and oxygen atoms in total. The molecule has 0 fully saturated rings. The molecule has 114 valence electrons. The van der Waals surface area contributed by atoms with E-state index in [1.807, 2.05) is 0 Å². The number of hydrogen-bond donors (Lipinski definition) is 1. The number of hydrogen-bond acceptors (Lipinski definition) is 5. The third-order valence-electron chi connectivity index (χ3n) is 3.00. The standard InChI is InChI=1S/C16H16N2O4/c1-10-8-14(11(2)22-10)15(19)18-17-9-12-4-6-13(7-5-12)16(20)21-3/h4-9H,1-3H3,(H,18,19)/b17-9-. The van der Waals surface area contributed by atoms with Crippen molar-refractivity contribution in [3.05, 3.63) is 58.5 Å². The smallest absolute Gasteiger partial charge is 0.337 e. The number of aryl methyl sites for hydroxylation is 2. The number of ether oxygens (including phenoxy) is 1. The van der Waals surface area contributed by atoms with Gasteiger partial charge in [-0.2, -0.15) is 5.10 Å². The second kappa shape index (κ2) is 6.71. The van der Waals surface area contributed by atoms with Gasteiger partial charge in [0.25, 0.3) is 5.91 Å². The lowest BCUT2D eigenvalue weighted by Crippen LogP contribution is -2.17. The van der Waals surface area contributed by atoms with E-state index in [2.05, 4.69) is 15.3 Å². The Morgan fingerprint density at radius 3 is 2.45 bits per heavy atom. The van der Waals surface area contributed by atoms with Crippen LogP contribution in [0.25, 0.3) is 0 Å². The van der Waals surface area contributed by atoms with Gasteiger partial charge in [0.15, 0.2) is 0 Å². The van der Waals surface area contributed by atoms with Gasteiger partial charge in [0, 0.05) is 0 Å². The number of amides is 1. The van der Waals surface area contributed by atoms with E-state index in [1.165, 1.54) is 13.3 Å². The molecule has 0 aliphatic rings. The van der Waals surface area contributed by atoms with Gasteiger partial charge < -0.3 is 9.15 Å². The van der Waals surface area contributed by atoms with E-state index in [4.69, 9.17) is 4.42 Å². The number of esters is 1. The fourth-order valence-corrected chi connectivity index (χ4v) is 1.91. The number of hydrazone groups is 1. The fraction of sp³-hybridized carbons (Fsp3) is 0.188. The summed E-state index contributed by atoms with van der Waals surface area (Å²) < 4.78 is 9.90. The first kappa shape index (κ1) is 15.5. The molecule has 1 aromatic carbocycles. The highest BCUT2D eigenvalue weighted by Crippen LogP contribution is 2.13. The van der Waals surface area contributed by atoms with Crippen LogP contribution in [-0.4, -0.2) is 25.2 Å². The van der Waals surface area contributed by atoms with E-state index >= 15 is 0 Å². The average molecular weight is 300 g/mol. The maximum atomic E-state index is 11.9. The lowest BCUT2D eigenvalue weighted by Gasteiger charge is -2.00. The van der Waals surface area contributed by atoms with Gasteiger partial charge in [-0.15, -0.1) is 0 Å². The zero-order valence-electron chi connectivity index (χ0n) is 12.5. The molecule has 1 aromatic heterocycles. The van der Waals surface area contributed by atoms with Gasteiger partial charge in [0.1, 0.15) is 11.5 Å². The summed E-state index contributed by atoms with van der Waals surface area (Å²) in [6, 6.07) is 8.31. The van der Waals surface area contributed by atoms with Crippen LogP contribution in [0.5, 0.6) is 0 Å². The van der Waals surface area contributed by atoms with Crippen LogP contribution in [0.1, 0.15) is 37.8 Å². The van der Waals surface area contributed by atoms with Crippen LogP contribution in [0.15, 0.2) is 39.9 Å². The minimum absolute atomic E-state index is 0.336. The van der Waals surface area contributed by atoms with E-state index in [-0.39, 0.29) is 5.91 Å². The first-order chi connectivity index (χ1) is 10.5. The zero-order chi connectivity index (χ0) is 16.1. The van der Waals surface area contributed by atoms with Crippen molar-refractivity contribution in [1.82, 2.24) is 5.43 Å². The van der Waals surface area contributed by atoms with Crippen molar-refractivity contribution in [3.63, 3.8) is 0 Å². The quantitative estimate of drug-likeness (QED) is 0.534. The van der Waals surface area contributed by atoms with Gasteiger partial charge >= 0.3 is 5.97 Å². The molecule has 0 radical (unpaired) electrons. The molecule has 0 atom stereocenters. The summed E-state index contributed by atoms with van der Waals surface area (Å²) in [7, 11) is 1.33. The Morgan fingerprint density at radius 2 is 1.91 bits per heavy atom. The summed E-state index contributed by atoms with van der Waals surface area (Å²) in [5.74, 6) is 0.483. The Hall–Kier alpha value is -2.89. The Kier molecular flexibility index (Phi) is 4.73. The van der Waals surface area contributed by atoms with Crippen molar-refractivity contribution < 1.29 is 18.7 Å². The van der Waals surface area contributed by atoms with E-state index in [0.717, 1.165) is 5.56 Å². The normalized spacial score (nSPS) is 10.7. The summed E-state index contributed by atoms with van der Waals surface area (Å²) >= 11 is 0. The molecule has 0 saturated heterocycles. The van der Waals surface area contributed by atoms with Crippen LogP contribution in [0, 0.1) is 13.8 Å². The third-order valence-corrected chi connectivity index (χ3v) is 3.00. The third kappa shape index (κ3) is 3.60. The lowest BCUT2D eigenvalue weighted by atomic mass is 10.1. The largest absolute Gasteiger partial charge is 0.466 e. The first-order valence-electron chi connectivity index (χ1n) is 6.60. The van der Waals surface area contributed by atoms with Crippen LogP contribution in [0.3, 0.4) is 0 Å². The number of carbonyl (C=O) groups excluding carboxylic acids is 2. The van der Waals surface area contributed by atoms with Gasteiger partial charge in [0.2, 0.25) is 0 Å². The molecular weight excluding hydrogens is 284 g/mol. The summed E-state index contributed by atoms with van der Waals surface area (Å²) in [6.45, 7) is 3.49. The average Bonchev–Trinajstić information content (AvgIpc) is 2.86. The summed E-state index contributed by atoms with van der Waals surface area (Å²) in [4.78, 5) is 23.2. The second-order valence-corrected chi connectivity index (χ2v) is 4.64. The Bertz CT molecular complexity index is 714. The van der Waals surface area contributed by atoms with E-state index in [9.17, 15) is 9.59 Å². The Morgan fingerprint density at radius 1 is 1.23 bits per heavy atom. The minimum Gasteiger partial charge on any atom is -0.466 e. The topological polar surface area (TPSA) is 80.9 Å². The maximum Gasteiger partial charge on any atom is 0.337 e. The molecule has 1 heterocycles. The molecule has 1 amide bonds. The molecule has 0 unspecified atom stereocenters. The SMILES string of the molecule is COC(=O)c1ccc(/C=N\NC(=O)c2cc(C)oc2C)cc1.